The second-order valence-electron chi connectivity index (χ2n) is 2.31. The van der Waals surface area contributed by atoms with E-state index in [9.17, 15) is 0 Å². The highest BCUT2D eigenvalue weighted by Gasteiger charge is 2.10. The lowest BCUT2D eigenvalue weighted by atomic mass is 10.5. The maximum absolute atomic E-state index is 9.05. The topological polar surface area (TPSA) is 87.5 Å². The van der Waals surface area contributed by atoms with Crippen LogP contribution in [0.2, 0.25) is 0 Å². The van der Waals surface area contributed by atoms with E-state index in [1.807, 2.05) is 7.05 Å². The average molecular weight is 172 g/mol. The van der Waals surface area contributed by atoms with Gasteiger partial charge in [0.2, 0.25) is 0 Å². The average Bonchev–Trinajstić information content (AvgIpc) is 2.47. The first kappa shape index (κ1) is 8.82. The molecule has 0 spiro atoms. The molecule has 12 heavy (non-hydrogen) atoms. The Morgan fingerprint density at radius 1 is 1.83 bits per heavy atom. The molecular weight excluding hydrogens is 160 g/mol. The van der Waals surface area contributed by atoms with Gasteiger partial charge in [0, 0.05) is 13.1 Å². The summed E-state index contributed by atoms with van der Waals surface area (Å²) in [5.74, 6) is 5.30. The third-order valence-corrected chi connectivity index (χ3v) is 1.45. The Balaban J connectivity index is 2.52. The summed E-state index contributed by atoms with van der Waals surface area (Å²) in [5, 5.41) is 16.7. The predicted molar refractivity (Wildman–Crippen MR) is 43.6 cm³/mol. The van der Waals surface area contributed by atoms with Gasteiger partial charge in [0.25, 0.3) is 0 Å². The third-order valence-electron chi connectivity index (χ3n) is 1.45. The van der Waals surface area contributed by atoms with E-state index in [0.29, 0.717) is 12.2 Å². The zero-order chi connectivity index (χ0) is 8.97. The van der Waals surface area contributed by atoms with E-state index in [0.717, 1.165) is 6.54 Å². The molecule has 1 aromatic rings. The van der Waals surface area contributed by atoms with Crippen LogP contribution in [-0.2, 0) is 0 Å². The van der Waals surface area contributed by atoms with E-state index in [1.54, 1.807) is 0 Å². The van der Waals surface area contributed by atoms with Crippen LogP contribution in [0.5, 0.6) is 5.95 Å². The highest BCUT2D eigenvalue weighted by atomic mass is 16.5. The van der Waals surface area contributed by atoms with Crippen LogP contribution in [0.1, 0.15) is 0 Å². The molecule has 0 saturated carbocycles. The van der Waals surface area contributed by atoms with Crippen LogP contribution >= 0.6 is 0 Å². The predicted octanol–water partition coefficient (Wildman–Crippen LogP) is -0.720. The van der Waals surface area contributed by atoms with Gasteiger partial charge in [-0.25, -0.2) is 5.84 Å². The van der Waals surface area contributed by atoms with E-state index in [1.165, 1.54) is 11.2 Å². The molecule has 0 aliphatic heterocycles. The Labute approximate surface area is 69.9 Å². The Kier molecular flexibility index (Phi) is 2.89. The zero-order valence-electron chi connectivity index (χ0n) is 6.82. The number of hydrazine groups is 1. The van der Waals surface area contributed by atoms with Gasteiger partial charge in [-0.1, -0.05) is 5.16 Å². The molecule has 1 heterocycles. The standard InChI is InChI=1S/C6H12N4O2/c1-8-2-3-10(7)5-4-9-12-6(5)11/h4,8,11H,2-3,7H2,1H3. The van der Waals surface area contributed by atoms with Crippen molar-refractivity contribution in [2.24, 2.45) is 5.84 Å². The number of hydrogen-bond donors (Lipinski definition) is 3. The van der Waals surface area contributed by atoms with E-state index in [2.05, 4.69) is 15.0 Å². The number of aromatic nitrogens is 1. The number of nitrogens with zero attached hydrogens (tertiary/aromatic N) is 2. The molecule has 0 atom stereocenters. The molecule has 0 amide bonds. The van der Waals surface area contributed by atoms with Gasteiger partial charge in [-0.3, -0.25) is 0 Å². The van der Waals surface area contributed by atoms with Crippen molar-refractivity contribution in [3.8, 4) is 5.95 Å². The lowest BCUT2D eigenvalue weighted by Crippen LogP contribution is -2.36. The fourth-order valence-electron chi connectivity index (χ4n) is 0.778. The SMILES string of the molecule is CNCCN(N)c1cnoc1O. The van der Waals surface area contributed by atoms with Crippen LogP contribution in [0.25, 0.3) is 0 Å². The van der Waals surface area contributed by atoms with Crippen molar-refractivity contribution < 1.29 is 9.63 Å². The fourth-order valence-corrected chi connectivity index (χ4v) is 0.778. The summed E-state index contributed by atoms with van der Waals surface area (Å²) in [6.07, 6.45) is 1.37. The Bertz CT molecular complexity index is 237. The molecule has 68 valence electrons. The summed E-state index contributed by atoms with van der Waals surface area (Å²) in [5.41, 5.74) is 0.394. The summed E-state index contributed by atoms with van der Waals surface area (Å²) in [4.78, 5) is 0. The maximum Gasteiger partial charge on any atom is 0.333 e. The molecule has 0 unspecified atom stereocenters. The van der Waals surface area contributed by atoms with Gasteiger partial charge in [0.05, 0.1) is 6.20 Å². The molecule has 1 rings (SSSR count). The van der Waals surface area contributed by atoms with Crippen molar-refractivity contribution in [2.75, 3.05) is 25.1 Å². The first-order chi connectivity index (χ1) is 5.75. The highest BCUT2D eigenvalue weighted by Crippen LogP contribution is 2.23. The van der Waals surface area contributed by atoms with Crippen molar-refractivity contribution in [1.82, 2.24) is 10.5 Å². The lowest BCUT2D eigenvalue weighted by molar-refractivity contribution is 0.278. The van der Waals surface area contributed by atoms with E-state index >= 15 is 0 Å². The quantitative estimate of drug-likeness (QED) is 0.410. The van der Waals surface area contributed by atoms with Crippen molar-refractivity contribution in [3.63, 3.8) is 0 Å². The number of nitrogens with two attached hydrogens (primary N) is 1. The van der Waals surface area contributed by atoms with Gasteiger partial charge in [-0.2, -0.15) is 0 Å². The van der Waals surface area contributed by atoms with E-state index in [4.69, 9.17) is 10.9 Å². The molecule has 0 bridgehead atoms. The number of rotatable bonds is 4. The number of hydrogen-bond acceptors (Lipinski definition) is 6. The summed E-state index contributed by atoms with van der Waals surface area (Å²) < 4.78 is 4.43. The summed E-state index contributed by atoms with van der Waals surface area (Å²) in [7, 11) is 1.82. The van der Waals surface area contributed by atoms with E-state index < -0.39 is 0 Å². The number of likely N-dealkylation sites (N-methyl/N-ethyl adjacent to an activating group) is 1. The molecule has 4 N–H and O–H groups in total. The van der Waals surface area contributed by atoms with Crippen LogP contribution in [0.4, 0.5) is 5.69 Å². The second kappa shape index (κ2) is 3.93. The van der Waals surface area contributed by atoms with Crippen molar-refractivity contribution in [3.05, 3.63) is 6.20 Å². The van der Waals surface area contributed by atoms with Gasteiger partial charge in [0.15, 0.2) is 5.69 Å². The van der Waals surface area contributed by atoms with Gasteiger partial charge in [0.1, 0.15) is 0 Å². The minimum absolute atomic E-state index is 0.256. The van der Waals surface area contributed by atoms with Gasteiger partial charge in [-0.15, -0.1) is 0 Å². The Morgan fingerprint density at radius 3 is 3.08 bits per heavy atom. The molecule has 6 heteroatoms. The number of aromatic hydroxyl groups is 1. The van der Waals surface area contributed by atoms with Gasteiger partial charge < -0.3 is 20.0 Å². The van der Waals surface area contributed by atoms with Crippen LogP contribution in [0.3, 0.4) is 0 Å². The van der Waals surface area contributed by atoms with Crippen LogP contribution in [0, 0.1) is 0 Å². The van der Waals surface area contributed by atoms with Crippen molar-refractivity contribution in [2.45, 2.75) is 0 Å². The lowest BCUT2D eigenvalue weighted by Gasteiger charge is -2.14. The third kappa shape index (κ3) is 1.86. The fraction of sp³-hybridized carbons (Fsp3) is 0.500. The number of anilines is 1. The maximum atomic E-state index is 9.05. The van der Waals surface area contributed by atoms with Gasteiger partial charge in [-0.05, 0) is 7.05 Å². The van der Waals surface area contributed by atoms with E-state index in [-0.39, 0.29) is 5.95 Å². The minimum Gasteiger partial charge on any atom is -0.478 e. The first-order valence-corrected chi connectivity index (χ1v) is 3.56. The monoisotopic (exact) mass is 172 g/mol. The minimum atomic E-state index is -0.256. The first-order valence-electron chi connectivity index (χ1n) is 3.56. The van der Waals surface area contributed by atoms with Crippen molar-refractivity contribution in [1.29, 1.82) is 0 Å². The smallest absolute Gasteiger partial charge is 0.333 e. The zero-order valence-corrected chi connectivity index (χ0v) is 6.82. The molecule has 0 radical (unpaired) electrons. The summed E-state index contributed by atoms with van der Waals surface area (Å²) in [6, 6.07) is 0. The Morgan fingerprint density at radius 2 is 2.58 bits per heavy atom. The van der Waals surface area contributed by atoms with Crippen LogP contribution in [-0.4, -0.2) is 30.4 Å². The molecule has 0 aliphatic rings. The molecule has 0 aromatic carbocycles. The number of nitrogens with one attached hydrogen (secondary N) is 1. The molecule has 6 nitrogen and oxygen atoms in total. The largest absolute Gasteiger partial charge is 0.478 e. The summed E-state index contributed by atoms with van der Waals surface area (Å²) in [6.45, 7) is 1.30. The van der Waals surface area contributed by atoms with Crippen molar-refractivity contribution >= 4 is 5.69 Å². The second-order valence-corrected chi connectivity index (χ2v) is 2.31. The highest BCUT2D eigenvalue weighted by molar-refractivity contribution is 5.49. The van der Waals surface area contributed by atoms with Crippen LogP contribution in [0.15, 0.2) is 10.7 Å². The van der Waals surface area contributed by atoms with Crippen LogP contribution < -0.4 is 16.2 Å². The molecule has 0 aliphatic carbocycles. The normalized spacial score (nSPS) is 10.2. The molecule has 0 saturated heterocycles. The molecular formula is C6H12N4O2. The molecule has 1 aromatic heterocycles. The summed E-state index contributed by atoms with van der Waals surface area (Å²) >= 11 is 0. The molecule has 0 fully saturated rings. The van der Waals surface area contributed by atoms with Gasteiger partial charge >= 0.3 is 5.95 Å². The Hall–Kier alpha value is -1.27.